The number of hydrogen-bond acceptors (Lipinski definition) is 2. The molecular weight excluding hydrogens is 140 g/mol. The van der Waals surface area contributed by atoms with Gasteiger partial charge in [-0.2, -0.15) is 0 Å². The Kier molecular flexibility index (Phi) is 2.01. The van der Waals surface area contributed by atoms with E-state index in [1.807, 2.05) is 6.92 Å². The van der Waals surface area contributed by atoms with Gasteiger partial charge >= 0.3 is 0 Å². The Hall–Kier alpha value is -0.0800. The van der Waals surface area contributed by atoms with Crippen molar-refractivity contribution in [2.45, 2.75) is 45.8 Å². The Morgan fingerprint density at radius 2 is 2.00 bits per heavy atom. The molecule has 0 amide bonds. The summed E-state index contributed by atoms with van der Waals surface area (Å²) < 4.78 is 5.34. The van der Waals surface area contributed by atoms with E-state index < -0.39 is 5.60 Å². The topological polar surface area (TPSA) is 29.5 Å². The van der Waals surface area contributed by atoms with Gasteiger partial charge in [0.05, 0.1) is 11.7 Å². The van der Waals surface area contributed by atoms with Crippen LogP contribution in [0.1, 0.15) is 34.1 Å². The van der Waals surface area contributed by atoms with Crippen LogP contribution in [0.4, 0.5) is 0 Å². The molecule has 1 rings (SSSR count). The second kappa shape index (κ2) is 2.46. The monoisotopic (exact) mass is 158 g/mol. The number of aliphatic hydroxyl groups is 1. The molecule has 66 valence electrons. The molecule has 1 aliphatic rings. The second-order valence-electron chi connectivity index (χ2n) is 4.44. The summed E-state index contributed by atoms with van der Waals surface area (Å²) in [5, 5.41) is 10.2. The summed E-state index contributed by atoms with van der Waals surface area (Å²) in [4.78, 5) is 0. The van der Waals surface area contributed by atoms with E-state index in [1.54, 1.807) is 0 Å². The van der Waals surface area contributed by atoms with Crippen LogP contribution < -0.4 is 0 Å². The van der Waals surface area contributed by atoms with E-state index in [0.717, 1.165) is 6.42 Å². The number of ether oxygens (including phenoxy) is 1. The van der Waals surface area contributed by atoms with Gasteiger partial charge in [0.25, 0.3) is 0 Å². The molecule has 0 spiro atoms. The fourth-order valence-corrected chi connectivity index (χ4v) is 1.72. The Balaban J connectivity index is 2.81. The molecule has 2 atom stereocenters. The van der Waals surface area contributed by atoms with Gasteiger partial charge in [-0.1, -0.05) is 20.8 Å². The van der Waals surface area contributed by atoms with Gasteiger partial charge in [-0.25, -0.2) is 0 Å². The van der Waals surface area contributed by atoms with Gasteiger partial charge in [0.15, 0.2) is 0 Å². The molecule has 0 aromatic carbocycles. The standard InChI is InChI=1S/C9H18O2/c1-7-9(10,5-6-11-7)8(2,3)4/h7,10H,5-6H2,1-4H3/t7-,9-/m0/s1. The van der Waals surface area contributed by atoms with E-state index in [4.69, 9.17) is 4.74 Å². The Bertz CT molecular complexity index is 148. The minimum absolute atomic E-state index is 0.0255. The zero-order valence-corrected chi connectivity index (χ0v) is 7.85. The fraction of sp³-hybridized carbons (Fsp3) is 1.00. The number of hydrogen-bond donors (Lipinski definition) is 1. The van der Waals surface area contributed by atoms with E-state index in [-0.39, 0.29) is 11.5 Å². The summed E-state index contributed by atoms with van der Waals surface area (Å²) >= 11 is 0. The van der Waals surface area contributed by atoms with E-state index in [2.05, 4.69) is 20.8 Å². The first-order valence-corrected chi connectivity index (χ1v) is 4.22. The first-order chi connectivity index (χ1) is 4.88. The van der Waals surface area contributed by atoms with Crippen LogP contribution in [0.25, 0.3) is 0 Å². The molecule has 0 aliphatic carbocycles. The van der Waals surface area contributed by atoms with Crippen molar-refractivity contribution < 1.29 is 9.84 Å². The molecule has 0 bridgehead atoms. The first kappa shape index (κ1) is 9.01. The Morgan fingerprint density at radius 1 is 1.45 bits per heavy atom. The van der Waals surface area contributed by atoms with Crippen molar-refractivity contribution >= 4 is 0 Å². The minimum Gasteiger partial charge on any atom is -0.387 e. The van der Waals surface area contributed by atoms with Crippen molar-refractivity contribution in [1.29, 1.82) is 0 Å². The molecule has 0 saturated carbocycles. The van der Waals surface area contributed by atoms with Crippen molar-refractivity contribution in [2.24, 2.45) is 5.41 Å². The highest BCUT2D eigenvalue weighted by Crippen LogP contribution is 2.40. The summed E-state index contributed by atoms with van der Waals surface area (Å²) in [6, 6.07) is 0. The molecule has 0 unspecified atom stereocenters. The average Bonchev–Trinajstić information content (AvgIpc) is 2.12. The molecule has 0 aromatic rings. The summed E-state index contributed by atoms with van der Waals surface area (Å²) in [6.45, 7) is 8.79. The van der Waals surface area contributed by atoms with Crippen molar-refractivity contribution in [3.05, 3.63) is 0 Å². The van der Waals surface area contributed by atoms with E-state index in [1.165, 1.54) is 0 Å². The van der Waals surface area contributed by atoms with Crippen molar-refractivity contribution in [3.8, 4) is 0 Å². The fourth-order valence-electron chi connectivity index (χ4n) is 1.72. The van der Waals surface area contributed by atoms with Gasteiger partial charge in [-0.3, -0.25) is 0 Å². The third-order valence-corrected chi connectivity index (χ3v) is 2.82. The van der Waals surface area contributed by atoms with Crippen LogP contribution in [-0.2, 0) is 4.74 Å². The molecule has 1 aliphatic heterocycles. The van der Waals surface area contributed by atoms with Gasteiger partial charge in [-0.15, -0.1) is 0 Å². The lowest BCUT2D eigenvalue weighted by molar-refractivity contribution is -0.0992. The van der Waals surface area contributed by atoms with Crippen LogP contribution in [0.15, 0.2) is 0 Å². The van der Waals surface area contributed by atoms with E-state index in [9.17, 15) is 5.11 Å². The van der Waals surface area contributed by atoms with Crippen LogP contribution in [0.2, 0.25) is 0 Å². The Labute approximate surface area is 68.6 Å². The lowest BCUT2D eigenvalue weighted by Crippen LogP contribution is -2.48. The molecule has 11 heavy (non-hydrogen) atoms. The molecule has 1 N–H and O–H groups in total. The van der Waals surface area contributed by atoms with Crippen LogP contribution >= 0.6 is 0 Å². The summed E-state index contributed by atoms with van der Waals surface area (Å²) in [6.07, 6.45) is 0.736. The molecular formula is C9H18O2. The second-order valence-corrected chi connectivity index (χ2v) is 4.44. The molecule has 1 saturated heterocycles. The molecule has 2 heteroatoms. The van der Waals surface area contributed by atoms with Crippen LogP contribution in [0.3, 0.4) is 0 Å². The largest absolute Gasteiger partial charge is 0.387 e. The SMILES string of the molecule is C[C@@H]1OCC[C@@]1(O)C(C)(C)C. The third-order valence-electron chi connectivity index (χ3n) is 2.82. The summed E-state index contributed by atoms with van der Waals surface area (Å²) in [5.41, 5.74) is -0.712. The third kappa shape index (κ3) is 1.30. The number of rotatable bonds is 0. The molecule has 1 fully saturated rings. The maximum atomic E-state index is 10.2. The lowest BCUT2D eigenvalue weighted by atomic mass is 9.73. The average molecular weight is 158 g/mol. The van der Waals surface area contributed by atoms with Gasteiger partial charge in [0.2, 0.25) is 0 Å². The van der Waals surface area contributed by atoms with Gasteiger partial charge in [0.1, 0.15) is 0 Å². The van der Waals surface area contributed by atoms with Gasteiger partial charge in [0, 0.05) is 13.0 Å². The smallest absolute Gasteiger partial charge is 0.0975 e. The van der Waals surface area contributed by atoms with Gasteiger partial charge in [-0.05, 0) is 12.3 Å². The molecule has 1 heterocycles. The zero-order chi connectivity index (χ0) is 8.70. The Morgan fingerprint density at radius 3 is 2.18 bits per heavy atom. The summed E-state index contributed by atoms with van der Waals surface area (Å²) in [7, 11) is 0. The normalized spacial score (nSPS) is 39.5. The predicted molar refractivity (Wildman–Crippen MR) is 44.4 cm³/mol. The minimum atomic E-state index is -0.632. The first-order valence-electron chi connectivity index (χ1n) is 4.22. The van der Waals surface area contributed by atoms with E-state index in [0.29, 0.717) is 6.61 Å². The lowest BCUT2D eigenvalue weighted by Gasteiger charge is -2.39. The maximum Gasteiger partial charge on any atom is 0.0975 e. The highest BCUT2D eigenvalue weighted by Gasteiger charge is 2.48. The van der Waals surface area contributed by atoms with Crippen molar-refractivity contribution in [2.75, 3.05) is 6.61 Å². The molecule has 0 aromatic heterocycles. The molecule has 0 radical (unpaired) electrons. The van der Waals surface area contributed by atoms with Crippen LogP contribution in [-0.4, -0.2) is 23.4 Å². The predicted octanol–water partition coefficient (Wildman–Crippen LogP) is 1.57. The molecule has 2 nitrogen and oxygen atoms in total. The van der Waals surface area contributed by atoms with Crippen LogP contribution in [0.5, 0.6) is 0 Å². The van der Waals surface area contributed by atoms with Crippen molar-refractivity contribution in [3.63, 3.8) is 0 Å². The van der Waals surface area contributed by atoms with Gasteiger partial charge < -0.3 is 9.84 Å². The van der Waals surface area contributed by atoms with Crippen molar-refractivity contribution in [1.82, 2.24) is 0 Å². The zero-order valence-electron chi connectivity index (χ0n) is 7.85. The summed E-state index contributed by atoms with van der Waals surface area (Å²) in [5.74, 6) is 0. The van der Waals surface area contributed by atoms with E-state index >= 15 is 0 Å². The maximum absolute atomic E-state index is 10.2. The van der Waals surface area contributed by atoms with Crippen LogP contribution in [0, 0.1) is 5.41 Å². The highest BCUT2D eigenvalue weighted by atomic mass is 16.5. The quantitative estimate of drug-likeness (QED) is 0.580. The highest BCUT2D eigenvalue weighted by molar-refractivity contribution is 4.98.